The Morgan fingerprint density at radius 2 is 1.54 bits per heavy atom. The molecular weight excluding hydrogens is 306 g/mol. The first-order chi connectivity index (χ1) is 11.5. The van der Waals surface area contributed by atoms with Gasteiger partial charge in [0.15, 0.2) is 0 Å². The number of hydrogen-bond donors (Lipinski definition) is 2. The number of amides is 2. The molecule has 0 heterocycles. The zero-order valence-electron chi connectivity index (χ0n) is 16.0. The summed E-state index contributed by atoms with van der Waals surface area (Å²) in [5.41, 5.74) is 0. The molecule has 0 aliphatic rings. The molecule has 0 atom stereocenters. The van der Waals surface area contributed by atoms with Gasteiger partial charge < -0.3 is 20.3 Å². The number of carbonyl (C=O) groups is 2. The fourth-order valence-electron chi connectivity index (χ4n) is 2.19. The van der Waals surface area contributed by atoms with Gasteiger partial charge in [-0.1, -0.05) is 12.8 Å². The first-order valence-electron chi connectivity index (χ1n) is 9.35. The van der Waals surface area contributed by atoms with Crippen LogP contribution in [-0.2, 0) is 9.53 Å². The van der Waals surface area contributed by atoms with Crippen molar-refractivity contribution in [1.82, 2.24) is 15.5 Å². The van der Waals surface area contributed by atoms with Gasteiger partial charge in [-0.25, -0.2) is 4.79 Å². The highest BCUT2D eigenvalue weighted by Gasteiger charge is 2.03. The zero-order chi connectivity index (χ0) is 18.2. The molecule has 24 heavy (non-hydrogen) atoms. The lowest BCUT2D eigenvalue weighted by atomic mass is 10.1. The Hall–Kier alpha value is -1.30. The molecule has 2 N–H and O–H groups in total. The number of esters is 1. The Morgan fingerprint density at radius 3 is 2.12 bits per heavy atom. The van der Waals surface area contributed by atoms with Gasteiger partial charge in [-0.3, -0.25) is 4.79 Å². The maximum absolute atomic E-state index is 11.6. The Labute approximate surface area is 147 Å². The van der Waals surface area contributed by atoms with Crippen molar-refractivity contribution in [2.75, 3.05) is 33.3 Å². The number of hydrogen-bond acceptors (Lipinski definition) is 4. The van der Waals surface area contributed by atoms with Crippen LogP contribution in [0, 0.1) is 0 Å². The van der Waals surface area contributed by atoms with Crippen LogP contribution in [0.4, 0.5) is 4.79 Å². The van der Waals surface area contributed by atoms with Gasteiger partial charge in [0, 0.05) is 25.6 Å². The van der Waals surface area contributed by atoms with E-state index < -0.39 is 0 Å². The normalized spacial score (nSPS) is 10.9. The molecule has 6 heteroatoms. The molecule has 0 radical (unpaired) electrons. The molecule has 0 aliphatic heterocycles. The van der Waals surface area contributed by atoms with Crippen molar-refractivity contribution in [3.8, 4) is 0 Å². The molecule has 0 aromatic rings. The van der Waals surface area contributed by atoms with E-state index in [-0.39, 0.29) is 12.0 Å². The second-order valence-electron chi connectivity index (χ2n) is 6.43. The minimum absolute atomic E-state index is 0.0845. The lowest BCUT2D eigenvalue weighted by molar-refractivity contribution is -0.143. The summed E-state index contributed by atoms with van der Waals surface area (Å²) in [6, 6.07) is 0.484. The molecule has 0 saturated carbocycles. The molecule has 0 bridgehead atoms. The summed E-state index contributed by atoms with van der Waals surface area (Å²) in [5, 5.41) is 5.76. The summed E-state index contributed by atoms with van der Waals surface area (Å²) < 4.78 is 4.87. The highest BCUT2D eigenvalue weighted by atomic mass is 16.5. The molecule has 2 amide bonds. The number of carbonyl (C=O) groups excluding carboxylic acids is 2. The number of nitrogens with zero attached hydrogens (tertiary/aromatic N) is 1. The lowest BCUT2D eigenvalue weighted by Crippen LogP contribution is -2.36. The van der Waals surface area contributed by atoms with E-state index in [9.17, 15) is 9.59 Å². The first-order valence-corrected chi connectivity index (χ1v) is 9.35. The highest BCUT2D eigenvalue weighted by molar-refractivity contribution is 5.73. The average Bonchev–Trinajstić information content (AvgIpc) is 2.53. The number of nitrogens with one attached hydrogen (secondary N) is 2. The molecule has 142 valence electrons. The number of urea groups is 1. The summed E-state index contributed by atoms with van der Waals surface area (Å²) in [5.74, 6) is -0.116. The molecule has 0 fully saturated rings. The quantitative estimate of drug-likeness (QED) is 0.376. The minimum Gasteiger partial charge on any atom is -0.466 e. The third kappa shape index (κ3) is 14.3. The topological polar surface area (TPSA) is 70.7 Å². The van der Waals surface area contributed by atoms with Crippen LogP contribution in [0.15, 0.2) is 0 Å². The van der Waals surface area contributed by atoms with Crippen LogP contribution in [0.5, 0.6) is 0 Å². The third-order valence-corrected chi connectivity index (χ3v) is 4.00. The van der Waals surface area contributed by atoms with E-state index in [0.717, 1.165) is 51.6 Å². The average molecular weight is 344 g/mol. The summed E-state index contributed by atoms with van der Waals surface area (Å²) in [6.45, 7) is 9.10. The van der Waals surface area contributed by atoms with E-state index in [4.69, 9.17) is 4.74 Å². The van der Waals surface area contributed by atoms with Gasteiger partial charge in [0.25, 0.3) is 0 Å². The molecule has 0 aromatic heterocycles. The minimum atomic E-state index is -0.116. The van der Waals surface area contributed by atoms with Crippen LogP contribution in [0.1, 0.15) is 65.7 Å². The Bertz CT molecular complexity index is 335. The molecule has 6 nitrogen and oxygen atoms in total. The maximum Gasteiger partial charge on any atom is 0.314 e. The summed E-state index contributed by atoms with van der Waals surface area (Å²) >= 11 is 0. The van der Waals surface area contributed by atoms with Gasteiger partial charge >= 0.3 is 12.0 Å². The summed E-state index contributed by atoms with van der Waals surface area (Å²) in [4.78, 5) is 25.1. The van der Waals surface area contributed by atoms with E-state index in [2.05, 4.69) is 36.4 Å². The number of ether oxygens (including phenoxy) is 1. The van der Waals surface area contributed by atoms with Crippen LogP contribution in [0.2, 0.25) is 0 Å². The predicted molar refractivity (Wildman–Crippen MR) is 98.1 cm³/mol. The molecular formula is C18H37N3O3. The van der Waals surface area contributed by atoms with Gasteiger partial charge in [-0.2, -0.15) is 0 Å². The summed E-state index contributed by atoms with van der Waals surface area (Å²) in [6.07, 6.45) is 6.39. The summed E-state index contributed by atoms with van der Waals surface area (Å²) in [7, 11) is 2.12. The van der Waals surface area contributed by atoms with Gasteiger partial charge in [0.1, 0.15) is 0 Å². The van der Waals surface area contributed by atoms with E-state index in [1.807, 2.05) is 6.92 Å². The third-order valence-electron chi connectivity index (χ3n) is 4.00. The zero-order valence-corrected chi connectivity index (χ0v) is 16.0. The molecule has 0 aromatic carbocycles. The van der Waals surface area contributed by atoms with Crippen LogP contribution in [-0.4, -0.2) is 56.2 Å². The number of rotatable bonds is 14. The maximum atomic E-state index is 11.6. The van der Waals surface area contributed by atoms with Gasteiger partial charge in [0.05, 0.1) is 6.61 Å². The van der Waals surface area contributed by atoms with E-state index in [1.54, 1.807) is 0 Å². The molecule has 0 rings (SSSR count). The van der Waals surface area contributed by atoms with E-state index >= 15 is 0 Å². The van der Waals surface area contributed by atoms with Crippen LogP contribution in [0.3, 0.4) is 0 Å². The first kappa shape index (κ1) is 22.7. The van der Waals surface area contributed by atoms with Crippen molar-refractivity contribution >= 4 is 12.0 Å². The van der Waals surface area contributed by atoms with Crippen molar-refractivity contribution in [3.63, 3.8) is 0 Å². The molecule has 0 saturated heterocycles. The van der Waals surface area contributed by atoms with Crippen molar-refractivity contribution in [1.29, 1.82) is 0 Å². The standard InChI is InChI=1S/C18H37N3O3/c1-5-24-17(22)12-8-6-7-9-13-19-18(23)20-14-10-11-15-21(4)16(2)3/h16H,5-15H2,1-4H3,(H2,19,20,23). The second-order valence-corrected chi connectivity index (χ2v) is 6.43. The van der Waals surface area contributed by atoms with Gasteiger partial charge in [0.2, 0.25) is 0 Å². The van der Waals surface area contributed by atoms with E-state index in [0.29, 0.717) is 25.6 Å². The lowest BCUT2D eigenvalue weighted by Gasteiger charge is -2.20. The van der Waals surface area contributed by atoms with E-state index in [1.165, 1.54) is 0 Å². The van der Waals surface area contributed by atoms with Crippen LogP contribution < -0.4 is 10.6 Å². The molecule has 0 aliphatic carbocycles. The fraction of sp³-hybridized carbons (Fsp3) is 0.889. The Balaban J connectivity index is 3.34. The molecule has 0 unspecified atom stereocenters. The van der Waals surface area contributed by atoms with Crippen molar-refractivity contribution in [2.24, 2.45) is 0 Å². The molecule has 0 spiro atoms. The Kier molecular flexibility index (Phi) is 14.4. The van der Waals surface area contributed by atoms with Crippen LogP contribution >= 0.6 is 0 Å². The second kappa shape index (κ2) is 15.2. The SMILES string of the molecule is CCOC(=O)CCCCCCNC(=O)NCCCCN(C)C(C)C. The predicted octanol–water partition coefficient (Wildman–Crippen LogP) is 2.92. The largest absolute Gasteiger partial charge is 0.466 e. The number of unbranched alkanes of at least 4 members (excludes halogenated alkanes) is 4. The monoisotopic (exact) mass is 343 g/mol. The van der Waals surface area contributed by atoms with Crippen LogP contribution in [0.25, 0.3) is 0 Å². The van der Waals surface area contributed by atoms with Crippen molar-refractivity contribution < 1.29 is 14.3 Å². The highest BCUT2D eigenvalue weighted by Crippen LogP contribution is 2.03. The smallest absolute Gasteiger partial charge is 0.314 e. The van der Waals surface area contributed by atoms with Crippen molar-refractivity contribution in [3.05, 3.63) is 0 Å². The van der Waals surface area contributed by atoms with Gasteiger partial charge in [-0.15, -0.1) is 0 Å². The Morgan fingerprint density at radius 1 is 0.958 bits per heavy atom. The fourth-order valence-corrected chi connectivity index (χ4v) is 2.19. The van der Waals surface area contributed by atoms with Crippen molar-refractivity contribution in [2.45, 2.75) is 71.8 Å². The van der Waals surface area contributed by atoms with Gasteiger partial charge in [-0.05, 0) is 60.0 Å².